The molecular formula is C11H10BClF3-. The zero-order valence-electron chi connectivity index (χ0n) is 8.52. The summed E-state index contributed by atoms with van der Waals surface area (Å²) in [5.41, 5.74) is 0.820. The Hall–Kier alpha value is -0.635. The average Bonchev–Trinajstić information content (AvgIpc) is 2.00. The lowest BCUT2D eigenvalue weighted by Gasteiger charge is -2.75. The third-order valence-corrected chi connectivity index (χ3v) is 4.47. The minimum atomic E-state index is -4.67. The molecule has 4 rings (SSSR count). The van der Waals surface area contributed by atoms with Crippen molar-refractivity contribution >= 4 is 18.6 Å². The monoisotopic (exact) mass is 245 g/mol. The van der Waals surface area contributed by atoms with E-state index >= 15 is 0 Å². The Morgan fingerprint density at radius 2 is 1.50 bits per heavy atom. The molecule has 0 saturated heterocycles. The van der Waals surface area contributed by atoms with Gasteiger partial charge in [-0.15, -0.1) is 0 Å². The lowest BCUT2D eigenvalue weighted by atomic mass is 9.23. The van der Waals surface area contributed by atoms with Crippen molar-refractivity contribution in [2.24, 2.45) is 0 Å². The molecule has 3 aliphatic carbocycles. The molecule has 1 aromatic rings. The van der Waals surface area contributed by atoms with E-state index in [1.165, 1.54) is 0 Å². The smallest absolute Gasteiger partial charge is 0.449 e. The van der Waals surface area contributed by atoms with Crippen LogP contribution in [-0.2, 0) is 5.41 Å². The zero-order valence-corrected chi connectivity index (χ0v) is 9.28. The minimum absolute atomic E-state index is 0.193. The zero-order chi connectivity index (χ0) is 11.6. The molecule has 0 nitrogen and oxygen atoms in total. The predicted molar refractivity (Wildman–Crippen MR) is 58.8 cm³/mol. The van der Waals surface area contributed by atoms with E-state index < -0.39 is 12.3 Å². The molecule has 2 bridgehead atoms. The van der Waals surface area contributed by atoms with Gasteiger partial charge in [-0.05, 0) is 23.1 Å². The molecule has 1 aromatic carbocycles. The molecule has 0 aromatic heterocycles. The predicted octanol–water partition coefficient (Wildman–Crippen LogP) is 4.36. The van der Waals surface area contributed by atoms with E-state index in [1.807, 2.05) is 12.1 Å². The standard InChI is InChI=1S/C11H10BClF3/c13-9-3-1-8(2-4-9)10-5-11(6-10,7-10)12(14,15)16/h1-4H,5-7H2/q-1. The summed E-state index contributed by atoms with van der Waals surface area (Å²) in [4.78, 5) is 0. The lowest BCUT2D eigenvalue weighted by molar-refractivity contribution is -0.0400. The first-order valence-corrected chi connectivity index (χ1v) is 5.70. The highest BCUT2D eigenvalue weighted by atomic mass is 35.5. The Kier molecular flexibility index (Phi) is 1.83. The molecule has 3 aliphatic rings. The lowest BCUT2D eigenvalue weighted by Crippen LogP contribution is -2.67. The summed E-state index contributed by atoms with van der Waals surface area (Å²) < 4.78 is 38.1. The van der Waals surface area contributed by atoms with E-state index in [0.717, 1.165) is 5.56 Å². The highest BCUT2D eigenvalue weighted by Crippen LogP contribution is 2.82. The van der Waals surface area contributed by atoms with Crippen LogP contribution in [0.15, 0.2) is 24.3 Å². The van der Waals surface area contributed by atoms with E-state index in [0.29, 0.717) is 5.02 Å². The molecule has 3 fully saturated rings. The highest BCUT2D eigenvalue weighted by Gasteiger charge is 2.74. The number of hydrogen-bond donors (Lipinski definition) is 0. The van der Waals surface area contributed by atoms with E-state index in [9.17, 15) is 12.9 Å². The maximum atomic E-state index is 12.7. The first-order valence-electron chi connectivity index (χ1n) is 5.32. The Morgan fingerprint density at radius 1 is 1.00 bits per heavy atom. The fourth-order valence-electron chi connectivity index (χ4n) is 3.32. The van der Waals surface area contributed by atoms with Gasteiger partial charge in [0.15, 0.2) is 0 Å². The first-order chi connectivity index (χ1) is 7.37. The van der Waals surface area contributed by atoms with Crippen LogP contribution in [0.3, 0.4) is 0 Å². The second kappa shape index (κ2) is 2.78. The third-order valence-electron chi connectivity index (χ3n) is 4.22. The van der Waals surface area contributed by atoms with Crippen LogP contribution < -0.4 is 0 Å². The van der Waals surface area contributed by atoms with Crippen LogP contribution in [0.1, 0.15) is 24.8 Å². The van der Waals surface area contributed by atoms with Gasteiger partial charge in [0.25, 0.3) is 0 Å². The normalized spacial score (nSPS) is 36.5. The summed E-state index contributed by atoms with van der Waals surface area (Å²) in [6.45, 7) is -4.67. The molecule has 0 unspecified atom stereocenters. The van der Waals surface area contributed by atoms with Crippen LogP contribution in [-0.4, -0.2) is 6.98 Å². The number of halogens is 4. The van der Waals surface area contributed by atoms with Crippen LogP contribution in [0, 0.1) is 0 Å². The van der Waals surface area contributed by atoms with E-state index in [2.05, 4.69) is 0 Å². The summed E-state index contributed by atoms with van der Waals surface area (Å²) in [5, 5.41) is -0.676. The first kappa shape index (κ1) is 10.5. The largest absolute Gasteiger partial charge is 0.484 e. The van der Waals surface area contributed by atoms with Gasteiger partial charge in [0.2, 0.25) is 0 Å². The van der Waals surface area contributed by atoms with Gasteiger partial charge in [0.05, 0.1) is 0 Å². The summed E-state index contributed by atoms with van der Waals surface area (Å²) in [5.74, 6) is 0. The van der Waals surface area contributed by atoms with Crippen molar-refractivity contribution in [2.45, 2.75) is 30.0 Å². The average molecular weight is 245 g/mol. The van der Waals surface area contributed by atoms with Crippen LogP contribution >= 0.6 is 11.6 Å². The van der Waals surface area contributed by atoms with Crippen LogP contribution in [0.25, 0.3) is 0 Å². The van der Waals surface area contributed by atoms with Crippen molar-refractivity contribution in [1.29, 1.82) is 0 Å². The van der Waals surface area contributed by atoms with Gasteiger partial charge in [-0.2, -0.15) is 0 Å². The van der Waals surface area contributed by atoms with Gasteiger partial charge >= 0.3 is 6.98 Å². The van der Waals surface area contributed by atoms with Crippen molar-refractivity contribution in [2.75, 3.05) is 0 Å². The Bertz CT molecular complexity index is 418. The van der Waals surface area contributed by atoms with Gasteiger partial charge in [0.1, 0.15) is 0 Å². The molecule has 0 spiro atoms. The van der Waals surface area contributed by atoms with E-state index in [4.69, 9.17) is 11.6 Å². The van der Waals surface area contributed by atoms with Crippen LogP contribution in [0.5, 0.6) is 0 Å². The molecule has 5 heteroatoms. The maximum absolute atomic E-state index is 12.7. The molecular weight excluding hydrogens is 235 g/mol. The van der Waals surface area contributed by atoms with Crippen molar-refractivity contribution < 1.29 is 12.9 Å². The van der Waals surface area contributed by atoms with E-state index in [1.54, 1.807) is 12.1 Å². The molecule has 0 atom stereocenters. The Balaban J connectivity index is 1.81. The Labute approximate surface area is 96.9 Å². The van der Waals surface area contributed by atoms with Gasteiger partial charge in [0, 0.05) is 5.02 Å². The number of hydrogen-bond acceptors (Lipinski definition) is 0. The second-order valence-electron chi connectivity index (χ2n) is 5.25. The maximum Gasteiger partial charge on any atom is 0.484 e. The number of rotatable bonds is 2. The Morgan fingerprint density at radius 3 is 1.94 bits per heavy atom. The van der Waals surface area contributed by atoms with Gasteiger partial charge < -0.3 is 12.9 Å². The molecule has 0 aliphatic heterocycles. The second-order valence-corrected chi connectivity index (χ2v) is 5.69. The highest BCUT2D eigenvalue weighted by molar-refractivity contribution is 6.63. The third kappa shape index (κ3) is 1.14. The quantitative estimate of drug-likeness (QED) is 0.679. The SMILES string of the molecule is F[B-](F)(F)C12CC(c3ccc(Cl)cc3)(C1)C2. The van der Waals surface area contributed by atoms with Crippen molar-refractivity contribution in [1.82, 2.24) is 0 Å². The van der Waals surface area contributed by atoms with Gasteiger partial charge in [-0.3, -0.25) is 0 Å². The van der Waals surface area contributed by atoms with Crippen molar-refractivity contribution in [3.8, 4) is 0 Å². The fraction of sp³-hybridized carbons (Fsp3) is 0.455. The number of benzene rings is 1. The van der Waals surface area contributed by atoms with Gasteiger partial charge in [-0.25, -0.2) is 0 Å². The molecule has 0 radical (unpaired) electrons. The summed E-state index contributed by atoms with van der Waals surface area (Å²) >= 11 is 5.76. The summed E-state index contributed by atoms with van der Waals surface area (Å²) in [7, 11) is 0. The summed E-state index contributed by atoms with van der Waals surface area (Å²) in [6, 6.07) is 7.22. The minimum Gasteiger partial charge on any atom is -0.449 e. The fourth-order valence-corrected chi connectivity index (χ4v) is 3.45. The molecule has 0 heterocycles. The van der Waals surface area contributed by atoms with Crippen LogP contribution in [0.2, 0.25) is 10.3 Å². The van der Waals surface area contributed by atoms with Crippen molar-refractivity contribution in [3.05, 3.63) is 34.9 Å². The molecule has 0 amide bonds. The molecule has 16 heavy (non-hydrogen) atoms. The molecule has 86 valence electrons. The molecule has 3 saturated carbocycles. The van der Waals surface area contributed by atoms with Gasteiger partial charge in [-0.1, -0.05) is 48.3 Å². The topological polar surface area (TPSA) is 0 Å². The van der Waals surface area contributed by atoms with Crippen molar-refractivity contribution in [3.63, 3.8) is 0 Å². The van der Waals surface area contributed by atoms with E-state index in [-0.39, 0.29) is 24.7 Å². The van der Waals surface area contributed by atoms with Crippen LogP contribution in [0.4, 0.5) is 12.9 Å². The molecule has 0 N–H and O–H groups in total. The summed E-state index contributed by atoms with van der Waals surface area (Å²) in [6.07, 6.45) is 0.849.